The molecule has 0 bridgehead atoms. The molecule has 3 aromatic rings. The van der Waals surface area contributed by atoms with Crippen LogP contribution in [0.2, 0.25) is 0 Å². The van der Waals surface area contributed by atoms with Crippen molar-refractivity contribution in [2.24, 2.45) is 5.92 Å². The minimum absolute atomic E-state index is 0.127. The van der Waals surface area contributed by atoms with Gasteiger partial charge in [0.25, 0.3) is 0 Å². The third-order valence-corrected chi connectivity index (χ3v) is 7.02. The van der Waals surface area contributed by atoms with Crippen LogP contribution in [0.25, 0.3) is 10.9 Å². The predicted molar refractivity (Wildman–Crippen MR) is 117 cm³/mol. The van der Waals surface area contributed by atoms with Gasteiger partial charge in [-0.25, -0.2) is 4.98 Å². The van der Waals surface area contributed by atoms with Crippen LogP contribution < -0.4 is 9.80 Å². The summed E-state index contributed by atoms with van der Waals surface area (Å²) in [5.74, 6) is 0.975. The van der Waals surface area contributed by atoms with Crippen LogP contribution >= 0.6 is 11.3 Å². The summed E-state index contributed by atoms with van der Waals surface area (Å²) >= 11 is 1.53. The molecule has 2 saturated heterocycles. The Morgan fingerprint density at radius 1 is 1.17 bits per heavy atom. The van der Waals surface area contributed by atoms with Crippen LogP contribution in [0.15, 0.2) is 23.6 Å². The Morgan fingerprint density at radius 3 is 2.83 bits per heavy atom. The molecule has 4 heterocycles. The average molecular weight is 427 g/mol. The zero-order valence-electron chi connectivity index (χ0n) is 17.1. The average Bonchev–Trinajstić information content (AvgIpc) is 3.24. The van der Waals surface area contributed by atoms with Crippen molar-refractivity contribution < 1.29 is 9.84 Å². The number of aliphatic hydroxyl groups is 1. The number of thiazole rings is 1. The number of ether oxygens (including phenoxy) is 1. The molecule has 0 saturated carbocycles. The first-order valence-corrected chi connectivity index (χ1v) is 11.4. The maximum atomic E-state index is 10.9. The maximum absolute atomic E-state index is 10.9. The summed E-state index contributed by atoms with van der Waals surface area (Å²) in [4.78, 5) is 9.04. The molecular formula is C21H26N6O2S. The molecule has 8 nitrogen and oxygen atoms in total. The first kappa shape index (κ1) is 19.6. The van der Waals surface area contributed by atoms with Crippen LogP contribution in [-0.2, 0) is 4.74 Å². The number of hydrogen-bond donors (Lipinski definition) is 1. The molecule has 2 aliphatic rings. The van der Waals surface area contributed by atoms with E-state index in [1.54, 1.807) is 0 Å². The van der Waals surface area contributed by atoms with Crippen LogP contribution in [0.1, 0.15) is 29.6 Å². The molecule has 9 heteroatoms. The lowest BCUT2D eigenvalue weighted by Crippen LogP contribution is -2.38. The van der Waals surface area contributed by atoms with E-state index in [2.05, 4.69) is 48.4 Å². The van der Waals surface area contributed by atoms with E-state index in [0.717, 1.165) is 85.3 Å². The highest BCUT2D eigenvalue weighted by Crippen LogP contribution is 2.35. The highest BCUT2D eigenvalue weighted by molar-refractivity contribution is 7.09. The summed E-state index contributed by atoms with van der Waals surface area (Å²) in [6.45, 7) is 6.88. The maximum Gasteiger partial charge on any atom is 0.162 e. The number of rotatable bonds is 4. The molecule has 0 radical (unpaired) electrons. The monoisotopic (exact) mass is 426 g/mol. The Kier molecular flexibility index (Phi) is 5.49. The summed E-state index contributed by atoms with van der Waals surface area (Å²) in [5.41, 5.74) is 2.95. The van der Waals surface area contributed by atoms with Gasteiger partial charge in [0.1, 0.15) is 16.6 Å². The van der Waals surface area contributed by atoms with Gasteiger partial charge < -0.3 is 19.6 Å². The van der Waals surface area contributed by atoms with Gasteiger partial charge in [-0.3, -0.25) is 0 Å². The Balaban J connectivity index is 1.39. The zero-order chi connectivity index (χ0) is 20.5. The molecule has 158 valence electrons. The lowest BCUT2D eigenvalue weighted by atomic mass is 9.92. The van der Waals surface area contributed by atoms with E-state index < -0.39 is 6.10 Å². The third kappa shape index (κ3) is 3.84. The highest BCUT2D eigenvalue weighted by atomic mass is 32.1. The molecule has 2 atom stereocenters. The SMILES string of the molecule is Cc1csc([C@@H](O)[C@H]2CCCN(c3nnnc4cc(N5CCOCC5)ccc34)C2)n1. The molecule has 0 spiro atoms. The van der Waals surface area contributed by atoms with Gasteiger partial charge in [0.15, 0.2) is 5.82 Å². The van der Waals surface area contributed by atoms with Crippen molar-refractivity contribution in [2.45, 2.75) is 25.9 Å². The van der Waals surface area contributed by atoms with Gasteiger partial charge in [0, 0.05) is 54.2 Å². The van der Waals surface area contributed by atoms with E-state index in [-0.39, 0.29) is 5.92 Å². The highest BCUT2D eigenvalue weighted by Gasteiger charge is 2.30. The summed E-state index contributed by atoms with van der Waals surface area (Å²) in [5, 5.41) is 27.4. The van der Waals surface area contributed by atoms with Crippen molar-refractivity contribution in [2.75, 3.05) is 49.2 Å². The van der Waals surface area contributed by atoms with Gasteiger partial charge in [0.2, 0.25) is 0 Å². The standard InChI is InChI=1S/C21H26N6O2S/c1-14-13-30-21(22-14)19(28)15-3-2-6-27(12-15)20-17-5-4-16(11-18(17)23-25-24-20)26-7-9-29-10-8-26/h4-5,11,13,15,19,28H,2-3,6-10,12H2,1H3/t15-,19-/m0/s1. The molecule has 0 aliphatic carbocycles. The number of aromatic nitrogens is 4. The van der Waals surface area contributed by atoms with Gasteiger partial charge >= 0.3 is 0 Å². The number of benzene rings is 1. The molecule has 2 aromatic heterocycles. The van der Waals surface area contributed by atoms with Crippen molar-refractivity contribution in [3.8, 4) is 0 Å². The number of fused-ring (bicyclic) bond motifs is 1. The Hall–Kier alpha value is -2.36. The van der Waals surface area contributed by atoms with Crippen molar-refractivity contribution >= 4 is 33.7 Å². The minimum Gasteiger partial charge on any atom is -0.386 e. The normalized spacial score (nSPS) is 21.2. The smallest absolute Gasteiger partial charge is 0.162 e. The Labute approximate surface area is 179 Å². The van der Waals surface area contributed by atoms with Gasteiger partial charge in [-0.2, -0.15) is 0 Å². The largest absolute Gasteiger partial charge is 0.386 e. The molecule has 2 aliphatic heterocycles. The second kappa shape index (κ2) is 8.41. The van der Waals surface area contributed by atoms with Crippen molar-refractivity contribution in [3.63, 3.8) is 0 Å². The van der Waals surface area contributed by atoms with Crippen molar-refractivity contribution in [1.82, 2.24) is 20.4 Å². The Morgan fingerprint density at radius 2 is 2.03 bits per heavy atom. The quantitative estimate of drug-likeness (QED) is 0.681. The number of aliphatic hydroxyl groups excluding tert-OH is 1. The lowest BCUT2D eigenvalue weighted by Gasteiger charge is -2.35. The molecular weight excluding hydrogens is 400 g/mol. The second-order valence-electron chi connectivity index (χ2n) is 8.03. The van der Waals surface area contributed by atoms with E-state index >= 15 is 0 Å². The fraction of sp³-hybridized carbons (Fsp3) is 0.524. The van der Waals surface area contributed by atoms with Crippen LogP contribution in [0.5, 0.6) is 0 Å². The van der Waals surface area contributed by atoms with Crippen LogP contribution in [0.4, 0.5) is 11.5 Å². The number of aryl methyl sites for hydroxylation is 1. The predicted octanol–water partition coefficient (Wildman–Crippen LogP) is 2.58. The molecule has 0 amide bonds. The number of anilines is 2. The van der Waals surface area contributed by atoms with E-state index in [0.29, 0.717) is 0 Å². The summed E-state index contributed by atoms with van der Waals surface area (Å²) in [7, 11) is 0. The van der Waals surface area contributed by atoms with Gasteiger partial charge in [0.05, 0.1) is 13.2 Å². The van der Waals surface area contributed by atoms with Crippen LogP contribution in [0, 0.1) is 12.8 Å². The zero-order valence-corrected chi connectivity index (χ0v) is 17.9. The summed E-state index contributed by atoms with van der Waals surface area (Å²) in [6, 6.07) is 6.32. The first-order valence-electron chi connectivity index (χ1n) is 10.5. The molecule has 2 fully saturated rings. The van der Waals surface area contributed by atoms with E-state index in [9.17, 15) is 5.11 Å². The molecule has 1 N–H and O–H groups in total. The van der Waals surface area contributed by atoms with Crippen LogP contribution in [-0.4, -0.2) is 64.9 Å². The Bertz CT molecular complexity index is 1020. The van der Waals surface area contributed by atoms with Gasteiger partial charge in [-0.1, -0.05) is 0 Å². The van der Waals surface area contributed by atoms with E-state index in [4.69, 9.17) is 4.74 Å². The number of hydrogen-bond acceptors (Lipinski definition) is 9. The molecule has 0 unspecified atom stereocenters. The van der Waals surface area contributed by atoms with Crippen molar-refractivity contribution in [1.29, 1.82) is 0 Å². The van der Waals surface area contributed by atoms with Gasteiger partial charge in [-0.15, -0.1) is 21.5 Å². The molecule has 1 aromatic carbocycles. The van der Waals surface area contributed by atoms with E-state index in [1.165, 1.54) is 11.3 Å². The topological polar surface area (TPSA) is 87.5 Å². The third-order valence-electron chi connectivity index (χ3n) is 5.98. The molecule has 5 rings (SSSR count). The number of morpholine rings is 1. The molecule has 30 heavy (non-hydrogen) atoms. The first-order chi connectivity index (χ1) is 14.7. The number of nitrogens with zero attached hydrogens (tertiary/aromatic N) is 6. The fourth-order valence-electron chi connectivity index (χ4n) is 4.38. The summed E-state index contributed by atoms with van der Waals surface area (Å²) in [6.07, 6.45) is 1.44. The van der Waals surface area contributed by atoms with Crippen molar-refractivity contribution in [3.05, 3.63) is 34.3 Å². The fourth-order valence-corrected chi connectivity index (χ4v) is 5.25. The van der Waals surface area contributed by atoms with Crippen LogP contribution in [0.3, 0.4) is 0 Å². The summed E-state index contributed by atoms with van der Waals surface area (Å²) < 4.78 is 5.46. The van der Waals surface area contributed by atoms with Gasteiger partial charge in [-0.05, 0) is 43.2 Å². The lowest BCUT2D eigenvalue weighted by molar-refractivity contribution is 0.0976. The number of piperidine rings is 1. The van der Waals surface area contributed by atoms with E-state index in [1.807, 2.05) is 12.3 Å². The minimum atomic E-state index is -0.541. The second-order valence-corrected chi connectivity index (χ2v) is 8.92.